The first kappa shape index (κ1) is 83.2. The van der Waals surface area contributed by atoms with E-state index in [1.165, 1.54) is 158 Å². The van der Waals surface area contributed by atoms with Crippen LogP contribution in [0.1, 0.15) is 44.9 Å². The smallest absolute Gasteiger partial charge is 0.137 e. The average Bonchev–Trinajstić information content (AvgIpc) is 0.732. The molecule has 0 aliphatic rings. The van der Waals surface area contributed by atoms with Crippen LogP contribution in [0.15, 0.2) is 492 Å². The van der Waals surface area contributed by atoms with E-state index in [2.05, 4.69) is 519 Å². The summed E-state index contributed by atoms with van der Waals surface area (Å²) in [6, 6.07) is 171. The third-order valence-electron chi connectivity index (χ3n) is 27.6. The Morgan fingerprint density at radius 1 is 0.181 bits per heavy atom. The van der Waals surface area contributed by atoms with Crippen molar-refractivity contribution in [1.29, 1.82) is 0 Å². The maximum Gasteiger partial charge on any atom is 0.137 e. The maximum absolute atomic E-state index is 4.94. The number of hydrogen-bond donors (Lipinski definition) is 0. The van der Waals surface area contributed by atoms with Crippen molar-refractivity contribution in [3.8, 4) is 0 Å². The number of aryl methyl sites for hydroxylation is 4. The fourth-order valence-electron chi connectivity index (χ4n) is 21.3. The molecule has 0 amide bonds. The summed E-state index contributed by atoms with van der Waals surface area (Å²) in [5, 5.41) is 27.4. The Morgan fingerprint density at radius 2 is 0.486 bits per heavy atom. The lowest BCUT2D eigenvalue weighted by Crippen LogP contribution is -2.13. The molecular weight excluding hydrogens is 1670 g/mol. The summed E-state index contributed by atoms with van der Waals surface area (Å²) in [4.78, 5) is 26.4. The minimum absolute atomic E-state index is 0.140. The van der Waals surface area contributed by atoms with E-state index in [-0.39, 0.29) is 5.92 Å². The van der Waals surface area contributed by atoms with Crippen molar-refractivity contribution in [2.45, 2.75) is 33.6 Å². The van der Waals surface area contributed by atoms with Crippen LogP contribution in [0.4, 0.5) is 85.7 Å². The second-order valence-electron chi connectivity index (χ2n) is 35.9. The molecule has 0 bridgehead atoms. The molecule has 8 nitrogen and oxygen atoms in total. The molecule has 26 rings (SSSR count). The SMILES string of the molecule is Cc1cc(N(c2ccccc2)c2cccc3ccccc23)c2ccc3c(C)cc(N(c4ccccn4)c4cccc5ccccc45)c4ccc1c2c34.Cc1ccc(N(c2ccccc2)c2ccc3ccc4c(N(c5ccccc5)c5ccc(C)cn5)ccc5ccc2c3c54)nc1.c1ccc(C(c2ccccc2)c2ccc3ccc4c(N(c5ccccc5)c5ccccc5)ccc5ccc2c3c54)cc1. The van der Waals surface area contributed by atoms with Crippen LogP contribution in [0.5, 0.6) is 0 Å². The zero-order valence-electron chi connectivity index (χ0n) is 76.9. The van der Waals surface area contributed by atoms with Gasteiger partial charge in [-0.15, -0.1) is 0 Å². The molecule has 138 heavy (non-hydrogen) atoms. The van der Waals surface area contributed by atoms with E-state index in [0.29, 0.717) is 0 Å². The Kier molecular flexibility index (Phi) is 21.5. The summed E-state index contributed by atoms with van der Waals surface area (Å²) in [6.45, 7) is 8.64. The number of anilines is 15. The minimum atomic E-state index is 0.140. The van der Waals surface area contributed by atoms with Gasteiger partial charge in [0.1, 0.15) is 17.5 Å². The van der Waals surface area contributed by atoms with E-state index in [1.54, 1.807) is 0 Å². The zero-order valence-corrected chi connectivity index (χ0v) is 76.9. The van der Waals surface area contributed by atoms with Gasteiger partial charge in [0.05, 0.1) is 39.8 Å². The quantitative estimate of drug-likeness (QED) is 0.0622. The molecular formula is C130H94N8. The van der Waals surface area contributed by atoms with Crippen LogP contribution in [0.25, 0.3) is 118 Å². The molecule has 0 spiro atoms. The van der Waals surface area contributed by atoms with Crippen molar-refractivity contribution >= 4 is 204 Å². The normalized spacial score (nSPS) is 11.5. The van der Waals surface area contributed by atoms with Crippen LogP contribution in [0.3, 0.4) is 0 Å². The van der Waals surface area contributed by atoms with Gasteiger partial charge < -0.3 is 9.80 Å². The van der Waals surface area contributed by atoms with E-state index in [4.69, 9.17) is 15.0 Å². The summed E-state index contributed by atoms with van der Waals surface area (Å²) in [6.07, 6.45) is 5.76. The molecule has 0 saturated carbocycles. The number of para-hydroxylation sites is 5. The summed E-state index contributed by atoms with van der Waals surface area (Å²) in [7, 11) is 0. The van der Waals surface area contributed by atoms with Crippen LogP contribution in [0, 0.1) is 27.7 Å². The number of benzene rings is 23. The van der Waals surface area contributed by atoms with Gasteiger partial charge in [-0.3, -0.25) is 14.7 Å². The number of fused-ring (bicyclic) bond motifs is 2. The van der Waals surface area contributed by atoms with E-state index in [9.17, 15) is 0 Å². The zero-order chi connectivity index (χ0) is 92.3. The Labute approximate surface area is 802 Å². The monoisotopic (exact) mass is 1770 g/mol. The lowest BCUT2D eigenvalue weighted by atomic mass is 9.81. The van der Waals surface area contributed by atoms with Crippen molar-refractivity contribution in [3.05, 3.63) is 531 Å². The van der Waals surface area contributed by atoms with Crippen LogP contribution in [-0.4, -0.2) is 15.0 Å². The number of aromatic nitrogens is 3. The van der Waals surface area contributed by atoms with Crippen LogP contribution >= 0.6 is 0 Å². The number of nitrogens with zero attached hydrogens (tertiary/aromatic N) is 8. The molecule has 8 heteroatoms. The summed E-state index contributed by atoms with van der Waals surface area (Å²) >= 11 is 0. The predicted molar refractivity (Wildman–Crippen MR) is 585 cm³/mol. The molecule has 3 heterocycles. The number of pyridine rings is 3. The van der Waals surface area contributed by atoms with Gasteiger partial charge in [0.2, 0.25) is 0 Å². The van der Waals surface area contributed by atoms with Gasteiger partial charge in [0.15, 0.2) is 0 Å². The molecule has 26 aromatic rings. The molecule has 654 valence electrons. The van der Waals surface area contributed by atoms with E-state index in [1.807, 2.05) is 24.7 Å². The Morgan fingerprint density at radius 3 is 0.899 bits per heavy atom. The fraction of sp³-hybridized carbons (Fsp3) is 0.0385. The molecule has 0 atom stereocenters. The average molecular weight is 1770 g/mol. The first-order chi connectivity index (χ1) is 68.2. The molecule has 0 aliphatic heterocycles. The molecule has 3 aromatic heterocycles. The van der Waals surface area contributed by atoms with Crippen LogP contribution in [-0.2, 0) is 0 Å². The Bertz CT molecular complexity index is 8320. The molecule has 0 N–H and O–H groups in total. The largest absolute Gasteiger partial charge is 0.310 e. The molecule has 0 radical (unpaired) electrons. The van der Waals surface area contributed by atoms with E-state index >= 15 is 0 Å². The Balaban J connectivity index is 0.000000113. The lowest BCUT2D eigenvalue weighted by molar-refractivity contribution is 0.990. The van der Waals surface area contributed by atoms with E-state index < -0.39 is 0 Å². The molecule has 0 aliphatic carbocycles. The molecule has 23 aromatic carbocycles. The minimum Gasteiger partial charge on any atom is -0.310 e. The van der Waals surface area contributed by atoms with Gasteiger partial charge in [0.25, 0.3) is 0 Å². The number of hydrogen-bond acceptors (Lipinski definition) is 8. The van der Waals surface area contributed by atoms with Crippen molar-refractivity contribution < 1.29 is 0 Å². The summed E-state index contributed by atoms with van der Waals surface area (Å²) < 4.78 is 0. The highest BCUT2D eigenvalue weighted by Gasteiger charge is 2.30. The van der Waals surface area contributed by atoms with Crippen molar-refractivity contribution in [3.63, 3.8) is 0 Å². The topological polar surface area (TPSA) is 54.9 Å². The van der Waals surface area contributed by atoms with Crippen LogP contribution in [0.2, 0.25) is 0 Å². The maximum atomic E-state index is 4.94. The van der Waals surface area contributed by atoms with Crippen molar-refractivity contribution in [1.82, 2.24) is 15.0 Å². The molecule has 0 saturated heterocycles. The van der Waals surface area contributed by atoms with Crippen LogP contribution < -0.4 is 24.5 Å². The summed E-state index contributed by atoms with van der Waals surface area (Å²) in [5.74, 6) is 2.80. The summed E-state index contributed by atoms with van der Waals surface area (Å²) in [5.41, 5.74) is 22.2. The van der Waals surface area contributed by atoms with Gasteiger partial charge in [-0.1, -0.05) is 346 Å². The van der Waals surface area contributed by atoms with Gasteiger partial charge in [-0.2, -0.15) is 0 Å². The van der Waals surface area contributed by atoms with Gasteiger partial charge in [-0.05, 0) is 275 Å². The third kappa shape index (κ3) is 14.9. The second-order valence-corrected chi connectivity index (χ2v) is 35.9. The Hall–Kier alpha value is -17.9. The van der Waals surface area contributed by atoms with E-state index in [0.717, 1.165) is 85.5 Å². The highest BCUT2D eigenvalue weighted by atomic mass is 15.2. The van der Waals surface area contributed by atoms with Crippen molar-refractivity contribution in [2.75, 3.05) is 24.5 Å². The first-order valence-electron chi connectivity index (χ1n) is 47.4. The molecule has 0 unspecified atom stereocenters. The highest BCUT2D eigenvalue weighted by molar-refractivity contribution is 6.32. The van der Waals surface area contributed by atoms with Gasteiger partial charge in [-0.25, -0.2) is 15.0 Å². The lowest BCUT2D eigenvalue weighted by Gasteiger charge is -2.30. The van der Waals surface area contributed by atoms with Gasteiger partial charge in [0, 0.05) is 90.6 Å². The highest BCUT2D eigenvalue weighted by Crippen LogP contribution is 2.54. The fourth-order valence-corrected chi connectivity index (χ4v) is 21.3. The standard InChI is InChI=1S/C49H35N3.C41H29N.C40H30N4/c1-32-30-45(51(36-18-4-3-5-19-36)43-22-12-16-34-14-6-8-20-39(34)43)41-27-25-38-33(2)31-46(42-28-26-37(32)48(41)49(38)42)52(47-24-10-11-29-50-47)44-23-13-17-35-15-7-9-21-40(35)44;1-5-13-29(14-6-1)39(30-15-7-2-8-16-30)35-25-21-31-23-27-37-38(28-24-32-22-26-36(35)40(31)41(32)37)42(33-17-9-3-10-18-33)34-19-11-4-12-20-34;1-27-13-23-37(41-25-27)43(31-9-5-3-6-10-31)35-21-17-29-16-20-34-36(22-18-30-15-19-33(35)39(29)40(30)34)44(32-11-7-4-8-12-32)38-24-14-28(2)26-42-38/h3-31H,1-2H3;1-28,39H;3-26H,1-2H3. The number of rotatable bonds is 18. The third-order valence-corrected chi connectivity index (χ3v) is 27.6. The molecule has 0 fully saturated rings. The first-order valence-corrected chi connectivity index (χ1v) is 47.4. The van der Waals surface area contributed by atoms with Gasteiger partial charge >= 0.3 is 0 Å². The van der Waals surface area contributed by atoms with Crippen molar-refractivity contribution in [2.24, 2.45) is 0 Å². The second kappa shape index (κ2) is 35.6. The predicted octanol–water partition coefficient (Wildman–Crippen LogP) is 36.0.